The Kier molecular flexibility index (Phi) is 4.04. The fraction of sp³-hybridized carbons (Fsp3) is 0.467. The zero-order valence-electron chi connectivity index (χ0n) is 12.7. The van der Waals surface area contributed by atoms with Gasteiger partial charge in [0.05, 0.1) is 5.69 Å². The van der Waals surface area contributed by atoms with Crippen molar-refractivity contribution >= 4 is 5.91 Å². The molecule has 0 spiro atoms. The maximum Gasteiger partial charge on any atom is 0.316 e. The zero-order chi connectivity index (χ0) is 15.5. The van der Waals surface area contributed by atoms with Crippen molar-refractivity contribution in [1.82, 2.24) is 20.0 Å². The van der Waals surface area contributed by atoms with E-state index in [9.17, 15) is 4.79 Å². The average Bonchev–Trinajstić information content (AvgIpc) is 2.87. The second kappa shape index (κ2) is 6.13. The molecular weight excluding hydrogens is 284 g/mol. The van der Waals surface area contributed by atoms with Gasteiger partial charge in [0.25, 0.3) is 5.91 Å². The first kappa shape index (κ1) is 14.5. The summed E-state index contributed by atoms with van der Waals surface area (Å²) in [6.45, 7) is 4.82. The molecule has 2 aromatic heterocycles. The van der Waals surface area contributed by atoms with E-state index < -0.39 is 0 Å². The summed E-state index contributed by atoms with van der Waals surface area (Å²) in [5.41, 5.74) is 1.21. The van der Waals surface area contributed by atoms with Gasteiger partial charge in [0, 0.05) is 38.3 Å². The molecule has 1 aliphatic heterocycles. The normalized spacial score (nSPS) is 15.8. The van der Waals surface area contributed by atoms with Gasteiger partial charge in [-0.2, -0.15) is 0 Å². The number of aromatic nitrogens is 3. The summed E-state index contributed by atoms with van der Waals surface area (Å²) in [5.74, 6) is 0.546. The van der Waals surface area contributed by atoms with Crippen molar-refractivity contribution in [2.45, 2.75) is 32.8 Å². The van der Waals surface area contributed by atoms with Crippen LogP contribution in [0, 0.1) is 13.8 Å². The van der Waals surface area contributed by atoms with Crippen LogP contribution < -0.4 is 4.74 Å². The number of carbonyl (C=O) groups excluding carboxylic acids is 1. The molecule has 0 N–H and O–H groups in total. The Labute approximate surface area is 128 Å². The summed E-state index contributed by atoms with van der Waals surface area (Å²) < 4.78 is 10.8. The van der Waals surface area contributed by atoms with E-state index >= 15 is 0 Å². The van der Waals surface area contributed by atoms with Crippen LogP contribution in [0.1, 0.15) is 34.7 Å². The van der Waals surface area contributed by atoms with Gasteiger partial charge in [-0.1, -0.05) is 5.16 Å². The number of amides is 1. The van der Waals surface area contributed by atoms with E-state index in [1.165, 1.54) is 0 Å². The molecule has 2 aromatic rings. The van der Waals surface area contributed by atoms with Gasteiger partial charge in [0.1, 0.15) is 17.4 Å². The SMILES string of the molecule is Cc1noc(C)c1C(=O)N1CCC(Oc2ncccn2)CC1. The van der Waals surface area contributed by atoms with Gasteiger partial charge >= 0.3 is 6.01 Å². The molecule has 0 bridgehead atoms. The van der Waals surface area contributed by atoms with E-state index in [-0.39, 0.29) is 12.0 Å². The molecule has 3 rings (SSSR count). The number of piperidine rings is 1. The lowest BCUT2D eigenvalue weighted by molar-refractivity contribution is 0.0576. The molecule has 1 fully saturated rings. The van der Waals surface area contributed by atoms with Crippen molar-refractivity contribution in [2.75, 3.05) is 13.1 Å². The Hall–Kier alpha value is -2.44. The second-order valence-corrected chi connectivity index (χ2v) is 5.34. The largest absolute Gasteiger partial charge is 0.460 e. The maximum atomic E-state index is 12.5. The van der Waals surface area contributed by atoms with E-state index in [4.69, 9.17) is 9.26 Å². The molecule has 0 aliphatic carbocycles. The molecule has 7 heteroatoms. The van der Waals surface area contributed by atoms with Gasteiger partial charge in [-0.25, -0.2) is 9.97 Å². The molecule has 1 aliphatic rings. The molecule has 1 amide bonds. The highest BCUT2D eigenvalue weighted by molar-refractivity contribution is 5.96. The molecule has 1 saturated heterocycles. The Bertz CT molecular complexity index is 629. The first-order valence-corrected chi connectivity index (χ1v) is 7.31. The number of hydrogen-bond donors (Lipinski definition) is 0. The topological polar surface area (TPSA) is 81.4 Å². The predicted molar refractivity (Wildman–Crippen MR) is 77.6 cm³/mol. The number of aryl methyl sites for hydroxylation is 2. The number of rotatable bonds is 3. The van der Waals surface area contributed by atoms with Gasteiger partial charge in [-0.3, -0.25) is 4.79 Å². The smallest absolute Gasteiger partial charge is 0.316 e. The lowest BCUT2D eigenvalue weighted by atomic mass is 10.1. The highest BCUT2D eigenvalue weighted by atomic mass is 16.5. The summed E-state index contributed by atoms with van der Waals surface area (Å²) in [4.78, 5) is 22.5. The van der Waals surface area contributed by atoms with Gasteiger partial charge in [-0.05, 0) is 19.9 Å². The number of carbonyl (C=O) groups is 1. The predicted octanol–water partition coefficient (Wildman–Crippen LogP) is 1.77. The number of nitrogens with zero attached hydrogens (tertiary/aromatic N) is 4. The Morgan fingerprint density at radius 3 is 2.55 bits per heavy atom. The first-order chi connectivity index (χ1) is 10.6. The Morgan fingerprint density at radius 2 is 1.95 bits per heavy atom. The van der Waals surface area contributed by atoms with Crippen LogP contribution in [0.2, 0.25) is 0 Å². The third kappa shape index (κ3) is 2.93. The summed E-state index contributed by atoms with van der Waals surface area (Å²) in [6, 6.07) is 2.13. The molecule has 116 valence electrons. The van der Waals surface area contributed by atoms with Crippen molar-refractivity contribution in [1.29, 1.82) is 0 Å². The molecule has 7 nitrogen and oxygen atoms in total. The third-order valence-corrected chi connectivity index (χ3v) is 3.79. The summed E-state index contributed by atoms with van der Waals surface area (Å²) in [6.07, 6.45) is 4.86. The van der Waals surface area contributed by atoms with Gasteiger partial charge in [-0.15, -0.1) is 0 Å². The molecule has 0 atom stereocenters. The van der Waals surface area contributed by atoms with E-state index in [0.29, 0.717) is 36.1 Å². The minimum absolute atomic E-state index is 0.0225. The van der Waals surface area contributed by atoms with Crippen molar-refractivity contribution in [2.24, 2.45) is 0 Å². The second-order valence-electron chi connectivity index (χ2n) is 5.34. The van der Waals surface area contributed by atoms with Crippen molar-refractivity contribution in [3.63, 3.8) is 0 Å². The van der Waals surface area contributed by atoms with Crippen LogP contribution in [0.4, 0.5) is 0 Å². The lowest BCUT2D eigenvalue weighted by Gasteiger charge is -2.31. The monoisotopic (exact) mass is 302 g/mol. The van der Waals surface area contributed by atoms with Gasteiger partial charge < -0.3 is 14.2 Å². The van der Waals surface area contributed by atoms with Crippen molar-refractivity contribution in [3.8, 4) is 6.01 Å². The highest BCUT2D eigenvalue weighted by Crippen LogP contribution is 2.20. The molecule has 0 saturated carbocycles. The zero-order valence-corrected chi connectivity index (χ0v) is 12.7. The standard InChI is InChI=1S/C15H18N4O3/c1-10-13(11(2)22-18-10)14(20)19-8-4-12(5-9-19)21-15-16-6-3-7-17-15/h3,6-7,12H,4-5,8-9H2,1-2H3. The maximum absolute atomic E-state index is 12.5. The summed E-state index contributed by atoms with van der Waals surface area (Å²) in [7, 11) is 0. The average molecular weight is 302 g/mol. The highest BCUT2D eigenvalue weighted by Gasteiger charge is 2.28. The Morgan fingerprint density at radius 1 is 1.27 bits per heavy atom. The number of likely N-dealkylation sites (tertiary alicyclic amines) is 1. The first-order valence-electron chi connectivity index (χ1n) is 7.31. The number of hydrogen-bond acceptors (Lipinski definition) is 6. The minimum Gasteiger partial charge on any atom is -0.460 e. The molecular formula is C15H18N4O3. The fourth-order valence-electron chi connectivity index (χ4n) is 2.62. The van der Waals surface area contributed by atoms with E-state index in [0.717, 1.165) is 12.8 Å². The van der Waals surface area contributed by atoms with Crippen molar-refractivity contribution < 1.29 is 14.1 Å². The Balaban J connectivity index is 1.59. The van der Waals surface area contributed by atoms with Crippen LogP contribution in [0.5, 0.6) is 6.01 Å². The van der Waals surface area contributed by atoms with E-state index in [2.05, 4.69) is 15.1 Å². The van der Waals surface area contributed by atoms with Gasteiger partial charge in [0.15, 0.2) is 0 Å². The van der Waals surface area contributed by atoms with Crippen LogP contribution in [-0.4, -0.2) is 45.1 Å². The quantitative estimate of drug-likeness (QED) is 0.859. The molecule has 22 heavy (non-hydrogen) atoms. The van der Waals surface area contributed by atoms with E-state index in [1.807, 2.05) is 4.90 Å². The molecule has 0 aromatic carbocycles. The van der Waals surface area contributed by atoms with Crippen LogP contribution >= 0.6 is 0 Å². The molecule has 3 heterocycles. The van der Waals surface area contributed by atoms with Crippen LogP contribution in [0.25, 0.3) is 0 Å². The van der Waals surface area contributed by atoms with Gasteiger partial charge in [0.2, 0.25) is 0 Å². The molecule has 0 unspecified atom stereocenters. The van der Waals surface area contributed by atoms with Crippen LogP contribution in [-0.2, 0) is 0 Å². The fourth-order valence-corrected chi connectivity index (χ4v) is 2.62. The third-order valence-electron chi connectivity index (χ3n) is 3.79. The van der Waals surface area contributed by atoms with Crippen molar-refractivity contribution in [3.05, 3.63) is 35.5 Å². The van der Waals surface area contributed by atoms with Crippen LogP contribution in [0.3, 0.4) is 0 Å². The van der Waals surface area contributed by atoms with E-state index in [1.54, 1.807) is 32.3 Å². The minimum atomic E-state index is -0.0225. The lowest BCUT2D eigenvalue weighted by Crippen LogP contribution is -2.42. The summed E-state index contributed by atoms with van der Waals surface area (Å²) in [5, 5.41) is 3.84. The number of ether oxygens (including phenoxy) is 1. The summed E-state index contributed by atoms with van der Waals surface area (Å²) >= 11 is 0. The van der Waals surface area contributed by atoms with Crippen LogP contribution in [0.15, 0.2) is 23.0 Å². The molecule has 0 radical (unpaired) electrons.